The van der Waals surface area contributed by atoms with Gasteiger partial charge >= 0.3 is 0 Å². The lowest BCUT2D eigenvalue weighted by Crippen LogP contribution is -2.39. The van der Waals surface area contributed by atoms with E-state index in [0.717, 1.165) is 44.8 Å². The molecule has 0 saturated carbocycles. The van der Waals surface area contributed by atoms with Crippen molar-refractivity contribution in [1.29, 1.82) is 0 Å². The summed E-state index contributed by atoms with van der Waals surface area (Å²) in [5.41, 5.74) is 1.22. The van der Waals surface area contributed by atoms with Crippen molar-refractivity contribution in [2.75, 3.05) is 19.6 Å². The molecule has 0 spiro atoms. The number of aromatic nitrogens is 4. The smallest absolute Gasteiger partial charge is 0.129 e. The Kier molecular flexibility index (Phi) is 4.21. The summed E-state index contributed by atoms with van der Waals surface area (Å²) in [6, 6.07) is 8.42. The van der Waals surface area contributed by atoms with E-state index < -0.39 is 0 Å². The molecule has 0 radical (unpaired) electrons. The summed E-state index contributed by atoms with van der Waals surface area (Å²) in [4.78, 5) is 4.21. The number of ether oxygens (including phenoxy) is 1. The quantitative estimate of drug-likeness (QED) is 0.722. The second-order valence-corrected chi connectivity index (χ2v) is 6.40. The molecule has 1 aliphatic heterocycles. The summed E-state index contributed by atoms with van der Waals surface area (Å²) in [6.45, 7) is 3.98. The minimum absolute atomic E-state index is 0.301. The van der Waals surface area contributed by atoms with Crippen molar-refractivity contribution in [2.45, 2.75) is 25.5 Å². The third-order valence-corrected chi connectivity index (χ3v) is 4.80. The number of rotatable bonds is 5. The summed E-state index contributed by atoms with van der Waals surface area (Å²) in [7, 11) is 2.07. The highest BCUT2D eigenvalue weighted by Crippen LogP contribution is 2.28. The molecular formula is C18H23N5O. The number of hydrogen-bond acceptors (Lipinski definition) is 4. The molecule has 2 aromatic heterocycles. The average molecular weight is 325 g/mol. The van der Waals surface area contributed by atoms with Crippen LogP contribution in [0.3, 0.4) is 0 Å². The van der Waals surface area contributed by atoms with E-state index >= 15 is 0 Å². The van der Waals surface area contributed by atoms with Gasteiger partial charge in [0.1, 0.15) is 11.9 Å². The van der Waals surface area contributed by atoms with E-state index in [4.69, 9.17) is 4.74 Å². The minimum atomic E-state index is 0.301. The molecule has 1 aliphatic rings. The molecule has 6 heteroatoms. The Balaban J connectivity index is 1.32. The lowest BCUT2D eigenvalue weighted by Gasteiger charge is -2.32. The van der Waals surface area contributed by atoms with Crippen LogP contribution in [0, 0.1) is 0 Å². The van der Waals surface area contributed by atoms with Gasteiger partial charge in [0, 0.05) is 38.3 Å². The molecule has 1 saturated heterocycles. The normalized spacial score (nSPS) is 16.7. The number of piperidine rings is 1. The van der Waals surface area contributed by atoms with Gasteiger partial charge in [-0.05, 0) is 31.0 Å². The van der Waals surface area contributed by atoms with Crippen LogP contribution in [0.2, 0.25) is 0 Å². The first-order valence-electron chi connectivity index (χ1n) is 8.57. The Bertz CT molecular complexity index is 787. The van der Waals surface area contributed by atoms with Crippen LogP contribution < -0.4 is 4.74 Å². The van der Waals surface area contributed by atoms with E-state index in [9.17, 15) is 0 Å². The van der Waals surface area contributed by atoms with Gasteiger partial charge in [0.2, 0.25) is 0 Å². The number of hydrogen-bond donors (Lipinski definition) is 0. The fraction of sp³-hybridized carbons (Fsp3) is 0.444. The van der Waals surface area contributed by atoms with E-state index in [2.05, 4.69) is 57.2 Å². The molecule has 6 nitrogen and oxygen atoms in total. The van der Waals surface area contributed by atoms with Crippen LogP contribution in [0.4, 0.5) is 0 Å². The molecule has 1 aromatic carbocycles. The van der Waals surface area contributed by atoms with E-state index in [1.807, 2.05) is 0 Å². The van der Waals surface area contributed by atoms with Crippen LogP contribution in [0.5, 0.6) is 5.75 Å². The van der Waals surface area contributed by atoms with Gasteiger partial charge in [-0.25, -0.2) is 0 Å². The van der Waals surface area contributed by atoms with Crippen LogP contribution in [0.25, 0.3) is 10.9 Å². The van der Waals surface area contributed by atoms with Crippen molar-refractivity contribution in [3.8, 4) is 5.75 Å². The SMILES string of the molecule is Cn1ccc2c(OC3CCN(CCn4nccn4)CC3)cccc21. The molecular weight excluding hydrogens is 302 g/mol. The van der Waals surface area contributed by atoms with E-state index in [1.54, 1.807) is 17.2 Å². The standard InChI is InChI=1S/C18H23N5O/c1-21-10-7-16-17(21)3-2-4-18(16)24-15-5-11-22(12-6-15)13-14-23-19-8-9-20-23/h2-4,7-10,15H,5-6,11-14H2,1H3. The zero-order chi connectivity index (χ0) is 16.4. The van der Waals surface area contributed by atoms with Crippen molar-refractivity contribution in [3.05, 3.63) is 42.9 Å². The predicted molar refractivity (Wildman–Crippen MR) is 93.0 cm³/mol. The van der Waals surface area contributed by atoms with Crippen LogP contribution in [-0.2, 0) is 13.6 Å². The largest absolute Gasteiger partial charge is 0.490 e. The lowest BCUT2D eigenvalue weighted by molar-refractivity contribution is 0.0984. The number of aryl methyl sites for hydroxylation is 1. The number of nitrogens with zero attached hydrogens (tertiary/aromatic N) is 5. The van der Waals surface area contributed by atoms with Gasteiger partial charge in [-0.15, -0.1) is 0 Å². The summed E-state index contributed by atoms with van der Waals surface area (Å²) in [6.07, 6.45) is 7.97. The van der Waals surface area contributed by atoms with Crippen LogP contribution in [-0.4, -0.2) is 50.2 Å². The summed E-state index contributed by atoms with van der Waals surface area (Å²) in [5, 5.41) is 9.51. The first-order chi connectivity index (χ1) is 11.8. The van der Waals surface area contributed by atoms with Gasteiger partial charge in [0.15, 0.2) is 0 Å². The van der Waals surface area contributed by atoms with Crippen LogP contribution >= 0.6 is 0 Å². The van der Waals surface area contributed by atoms with Crippen molar-refractivity contribution < 1.29 is 4.74 Å². The third kappa shape index (κ3) is 3.14. The van der Waals surface area contributed by atoms with Crippen molar-refractivity contribution in [1.82, 2.24) is 24.5 Å². The fourth-order valence-corrected chi connectivity index (χ4v) is 3.40. The molecule has 0 bridgehead atoms. The van der Waals surface area contributed by atoms with E-state index in [-0.39, 0.29) is 0 Å². The molecule has 3 aromatic rings. The number of likely N-dealkylation sites (tertiary alicyclic amines) is 1. The lowest BCUT2D eigenvalue weighted by atomic mass is 10.1. The summed E-state index contributed by atoms with van der Waals surface area (Å²) < 4.78 is 8.44. The maximum Gasteiger partial charge on any atom is 0.129 e. The molecule has 4 rings (SSSR count). The zero-order valence-corrected chi connectivity index (χ0v) is 14.0. The second kappa shape index (κ2) is 6.65. The fourth-order valence-electron chi connectivity index (χ4n) is 3.40. The summed E-state index contributed by atoms with van der Waals surface area (Å²) >= 11 is 0. The van der Waals surface area contributed by atoms with Gasteiger partial charge in [-0.2, -0.15) is 15.0 Å². The molecule has 0 N–H and O–H groups in total. The second-order valence-electron chi connectivity index (χ2n) is 6.40. The Morgan fingerprint density at radius 3 is 2.67 bits per heavy atom. The van der Waals surface area contributed by atoms with Gasteiger partial charge in [0.25, 0.3) is 0 Å². The van der Waals surface area contributed by atoms with Gasteiger partial charge in [-0.1, -0.05) is 6.07 Å². The highest BCUT2D eigenvalue weighted by atomic mass is 16.5. The Morgan fingerprint density at radius 1 is 1.08 bits per heavy atom. The summed E-state index contributed by atoms with van der Waals surface area (Å²) in [5.74, 6) is 1.01. The average Bonchev–Trinajstić information content (AvgIpc) is 3.25. The molecule has 0 amide bonds. The topological polar surface area (TPSA) is 48.1 Å². The monoisotopic (exact) mass is 325 g/mol. The molecule has 1 fully saturated rings. The van der Waals surface area contributed by atoms with Crippen molar-refractivity contribution in [3.63, 3.8) is 0 Å². The minimum Gasteiger partial charge on any atom is -0.490 e. The van der Waals surface area contributed by atoms with Crippen molar-refractivity contribution in [2.24, 2.45) is 7.05 Å². The van der Waals surface area contributed by atoms with E-state index in [1.165, 1.54) is 10.9 Å². The van der Waals surface area contributed by atoms with Crippen LogP contribution in [0.1, 0.15) is 12.8 Å². The number of fused-ring (bicyclic) bond motifs is 1. The Hall–Kier alpha value is -2.34. The maximum atomic E-state index is 6.31. The van der Waals surface area contributed by atoms with Gasteiger partial charge in [0.05, 0.1) is 24.5 Å². The zero-order valence-electron chi connectivity index (χ0n) is 14.0. The predicted octanol–water partition coefficient (Wildman–Crippen LogP) is 2.31. The van der Waals surface area contributed by atoms with Crippen molar-refractivity contribution >= 4 is 10.9 Å². The third-order valence-electron chi connectivity index (χ3n) is 4.80. The molecule has 0 unspecified atom stereocenters. The van der Waals surface area contributed by atoms with E-state index in [0.29, 0.717) is 6.10 Å². The Morgan fingerprint density at radius 2 is 1.88 bits per heavy atom. The Labute approximate surface area is 141 Å². The van der Waals surface area contributed by atoms with Gasteiger partial charge < -0.3 is 14.2 Å². The molecule has 3 heterocycles. The highest BCUT2D eigenvalue weighted by molar-refractivity contribution is 5.86. The highest BCUT2D eigenvalue weighted by Gasteiger charge is 2.21. The number of benzene rings is 1. The van der Waals surface area contributed by atoms with Crippen LogP contribution in [0.15, 0.2) is 42.9 Å². The molecule has 126 valence electrons. The first kappa shape index (κ1) is 15.2. The molecule has 0 atom stereocenters. The maximum absolute atomic E-state index is 6.31. The molecule has 24 heavy (non-hydrogen) atoms. The molecule has 0 aliphatic carbocycles. The van der Waals surface area contributed by atoms with Gasteiger partial charge in [-0.3, -0.25) is 0 Å². The first-order valence-corrected chi connectivity index (χ1v) is 8.57.